The van der Waals surface area contributed by atoms with Crippen LogP contribution in [0.25, 0.3) is 0 Å². The number of hydrogen-bond acceptors (Lipinski definition) is 2. The molecule has 4 aliphatic rings. The molecule has 0 saturated heterocycles. The molecular weight excluding hydrogens is 272 g/mol. The van der Waals surface area contributed by atoms with Gasteiger partial charge in [-0.2, -0.15) is 0 Å². The first-order chi connectivity index (χ1) is 10.5. The molecule has 4 aliphatic carbocycles. The van der Waals surface area contributed by atoms with Gasteiger partial charge in [-0.15, -0.1) is 0 Å². The van der Waals surface area contributed by atoms with Crippen LogP contribution in [0.5, 0.6) is 0 Å². The van der Waals surface area contributed by atoms with Gasteiger partial charge in [0.2, 0.25) is 0 Å². The van der Waals surface area contributed by atoms with Gasteiger partial charge in [0.05, 0.1) is 12.2 Å². The highest BCUT2D eigenvalue weighted by Crippen LogP contribution is 2.66. The third-order valence-corrected chi connectivity index (χ3v) is 8.90. The average molecular weight is 306 g/mol. The Bertz CT molecular complexity index is 435. The molecule has 0 unspecified atom stereocenters. The Morgan fingerprint density at radius 3 is 2.36 bits per heavy atom. The third kappa shape index (κ3) is 1.99. The number of ether oxygens (including phenoxy) is 1. The zero-order valence-electron chi connectivity index (χ0n) is 14.7. The van der Waals surface area contributed by atoms with E-state index in [2.05, 4.69) is 13.8 Å². The zero-order chi connectivity index (χ0) is 15.5. The normalized spacial score (nSPS) is 57.8. The minimum atomic E-state index is -0.0341. The largest absolute Gasteiger partial charge is 0.393 e. The van der Waals surface area contributed by atoms with E-state index in [-0.39, 0.29) is 11.5 Å². The zero-order valence-corrected chi connectivity index (χ0v) is 14.7. The van der Waals surface area contributed by atoms with Crippen molar-refractivity contribution in [2.45, 2.75) is 83.8 Å². The molecule has 0 heterocycles. The molecule has 0 aromatic rings. The molecule has 4 saturated carbocycles. The van der Waals surface area contributed by atoms with Gasteiger partial charge in [-0.1, -0.05) is 13.8 Å². The topological polar surface area (TPSA) is 29.5 Å². The van der Waals surface area contributed by atoms with Crippen LogP contribution in [-0.2, 0) is 4.74 Å². The average Bonchev–Trinajstić information content (AvgIpc) is 2.82. The van der Waals surface area contributed by atoms with E-state index in [0.717, 1.165) is 30.1 Å². The quantitative estimate of drug-likeness (QED) is 0.778. The second-order valence-corrected chi connectivity index (χ2v) is 9.43. The molecule has 0 radical (unpaired) electrons. The van der Waals surface area contributed by atoms with Crippen LogP contribution in [0.3, 0.4) is 0 Å². The Kier molecular flexibility index (Phi) is 3.66. The molecule has 1 N–H and O–H groups in total. The maximum absolute atomic E-state index is 10.5. The monoisotopic (exact) mass is 306 g/mol. The molecule has 4 fully saturated rings. The highest BCUT2D eigenvalue weighted by atomic mass is 16.5. The van der Waals surface area contributed by atoms with Crippen LogP contribution < -0.4 is 0 Å². The summed E-state index contributed by atoms with van der Waals surface area (Å²) in [6.07, 6.45) is 12.2. The van der Waals surface area contributed by atoms with Crippen LogP contribution in [0, 0.1) is 34.5 Å². The van der Waals surface area contributed by atoms with Gasteiger partial charge in [-0.3, -0.25) is 0 Å². The number of fused-ring (bicyclic) bond motifs is 5. The standard InChI is InChI=1S/C20H34O2/c1-19-10-8-14(22-3)12-13(19)4-5-15-16-6-7-18(21)20(16,2)11-9-17(15)19/h13-18,21H,4-12H2,1-3H3/t13-,14+,15-,16-,17-,18-,19-,20-/m0/s1. The highest BCUT2D eigenvalue weighted by Gasteiger charge is 2.59. The second-order valence-electron chi connectivity index (χ2n) is 9.43. The Morgan fingerprint density at radius 1 is 0.864 bits per heavy atom. The number of aliphatic hydroxyl groups is 1. The lowest BCUT2D eigenvalue weighted by atomic mass is 9.45. The molecular formula is C20H34O2. The van der Waals surface area contributed by atoms with E-state index >= 15 is 0 Å². The molecule has 0 aromatic carbocycles. The molecule has 0 aromatic heterocycles. The van der Waals surface area contributed by atoms with E-state index in [1.54, 1.807) is 0 Å². The Hall–Kier alpha value is -0.0800. The van der Waals surface area contributed by atoms with Crippen molar-refractivity contribution in [3.8, 4) is 0 Å². The molecule has 0 aliphatic heterocycles. The number of hydrogen-bond donors (Lipinski definition) is 1. The molecule has 8 atom stereocenters. The predicted octanol–water partition coefficient (Wildman–Crippen LogP) is 4.41. The Labute approximate surface area is 136 Å². The molecule has 0 bridgehead atoms. The van der Waals surface area contributed by atoms with Crippen LogP contribution in [0.15, 0.2) is 0 Å². The molecule has 2 nitrogen and oxygen atoms in total. The fraction of sp³-hybridized carbons (Fsp3) is 1.00. The van der Waals surface area contributed by atoms with Gasteiger partial charge < -0.3 is 9.84 Å². The lowest BCUT2D eigenvalue weighted by Crippen LogP contribution is -2.54. The smallest absolute Gasteiger partial charge is 0.0596 e. The lowest BCUT2D eigenvalue weighted by molar-refractivity contribution is -0.137. The van der Waals surface area contributed by atoms with Crippen molar-refractivity contribution >= 4 is 0 Å². The van der Waals surface area contributed by atoms with Gasteiger partial charge >= 0.3 is 0 Å². The van der Waals surface area contributed by atoms with Crippen LogP contribution in [0.2, 0.25) is 0 Å². The van der Waals surface area contributed by atoms with Crippen molar-refractivity contribution in [3.63, 3.8) is 0 Å². The Balaban J connectivity index is 1.59. The summed E-state index contributed by atoms with van der Waals surface area (Å²) in [5.41, 5.74) is 0.779. The first-order valence-corrected chi connectivity index (χ1v) is 9.70. The van der Waals surface area contributed by atoms with Crippen LogP contribution in [0.4, 0.5) is 0 Å². The van der Waals surface area contributed by atoms with E-state index in [9.17, 15) is 5.11 Å². The minimum absolute atomic E-state index is 0.0341. The summed E-state index contributed by atoms with van der Waals surface area (Å²) in [6, 6.07) is 0. The maximum atomic E-state index is 10.5. The van der Waals surface area contributed by atoms with Gasteiger partial charge in [-0.05, 0) is 92.3 Å². The van der Waals surface area contributed by atoms with Gasteiger partial charge in [0.1, 0.15) is 0 Å². The van der Waals surface area contributed by atoms with E-state index in [0.29, 0.717) is 11.5 Å². The fourth-order valence-electron chi connectivity index (χ4n) is 7.41. The minimum Gasteiger partial charge on any atom is -0.393 e. The third-order valence-electron chi connectivity index (χ3n) is 8.90. The van der Waals surface area contributed by atoms with E-state index in [1.165, 1.54) is 51.4 Å². The molecule has 4 rings (SSSR count). The molecule has 0 spiro atoms. The molecule has 2 heteroatoms. The summed E-state index contributed by atoms with van der Waals surface area (Å²) < 4.78 is 5.69. The summed E-state index contributed by atoms with van der Waals surface area (Å²) in [5, 5.41) is 10.5. The number of methoxy groups -OCH3 is 1. The second kappa shape index (κ2) is 5.21. The summed E-state index contributed by atoms with van der Waals surface area (Å²) in [6.45, 7) is 5.00. The van der Waals surface area contributed by atoms with Crippen molar-refractivity contribution in [1.82, 2.24) is 0 Å². The van der Waals surface area contributed by atoms with Crippen LogP contribution in [-0.4, -0.2) is 24.4 Å². The van der Waals surface area contributed by atoms with Crippen LogP contribution >= 0.6 is 0 Å². The Morgan fingerprint density at radius 2 is 1.59 bits per heavy atom. The van der Waals surface area contributed by atoms with E-state index < -0.39 is 0 Å². The van der Waals surface area contributed by atoms with Gasteiger partial charge in [-0.25, -0.2) is 0 Å². The fourth-order valence-corrected chi connectivity index (χ4v) is 7.41. The van der Waals surface area contributed by atoms with E-state index in [1.807, 2.05) is 7.11 Å². The first-order valence-electron chi connectivity index (χ1n) is 9.70. The van der Waals surface area contributed by atoms with Crippen molar-refractivity contribution in [2.75, 3.05) is 7.11 Å². The first kappa shape index (κ1) is 15.4. The molecule has 0 amide bonds. The van der Waals surface area contributed by atoms with Crippen molar-refractivity contribution in [2.24, 2.45) is 34.5 Å². The predicted molar refractivity (Wildman–Crippen MR) is 88.5 cm³/mol. The van der Waals surface area contributed by atoms with Gasteiger partial charge in [0.15, 0.2) is 0 Å². The summed E-state index contributed by atoms with van der Waals surface area (Å²) in [4.78, 5) is 0. The highest BCUT2D eigenvalue weighted by molar-refractivity contribution is 5.09. The molecule has 22 heavy (non-hydrogen) atoms. The number of rotatable bonds is 1. The molecule has 126 valence electrons. The summed E-state index contributed by atoms with van der Waals surface area (Å²) >= 11 is 0. The number of aliphatic hydroxyl groups excluding tert-OH is 1. The SMILES string of the molecule is CO[C@@H]1CC[C@@]2(C)[C@@H](CC[C@@H]3[C@@H]2CC[C@]2(C)[C@@H](O)CC[C@@H]32)C1. The summed E-state index contributed by atoms with van der Waals surface area (Å²) in [7, 11) is 1.89. The summed E-state index contributed by atoms with van der Waals surface area (Å²) in [5.74, 6) is 3.46. The van der Waals surface area contributed by atoms with Gasteiger partial charge in [0, 0.05) is 7.11 Å². The van der Waals surface area contributed by atoms with Crippen molar-refractivity contribution in [1.29, 1.82) is 0 Å². The van der Waals surface area contributed by atoms with Gasteiger partial charge in [0.25, 0.3) is 0 Å². The van der Waals surface area contributed by atoms with Crippen molar-refractivity contribution in [3.05, 3.63) is 0 Å². The van der Waals surface area contributed by atoms with Crippen LogP contribution in [0.1, 0.15) is 71.6 Å². The van der Waals surface area contributed by atoms with Crippen molar-refractivity contribution < 1.29 is 9.84 Å². The van der Waals surface area contributed by atoms with E-state index in [4.69, 9.17) is 4.74 Å². The maximum Gasteiger partial charge on any atom is 0.0596 e. The lowest BCUT2D eigenvalue weighted by Gasteiger charge is -2.60.